The lowest BCUT2D eigenvalue weighted by Gasteiger charge is -2.39. The second-order valence-corrected chi connectivity index (χ2v) is 6.52. The predicted molar refractivity (Wildman–Crippen MR) is 83.6 cm³/mol. The van der Waals surface area contributed by atoms with E-state index in [0.29, 0.717) is 11.5 Å². The van der Waals surface area contributed by atoms with Gasteiger partial charge in [0.1, 0.15) is 6.07 Å². The van der Waals surface area contributed by atoms with Crippen molar-refractivity contribution in [3.05, 3.63) is 29.6 Å². The zero-order valence-electron chi connectivity index (χ0n) is 12.5. The summed E-state index contributed by atoms with van der Waals surface area (Å²) in [6.45, 7) is 6.71. The molecule has 0 radical (unpaired) electrons. The lowest BCUT2D eigenvalue weighted by atomic mass is 9.70. The van der Waals surface area contributed by atoms with Gasteiger partial charge in [0.15, 0.2) is 0 Å². The first-order chi connectivity index (χ1) is 8.88. The van der Waals surface area contributed by atoms with Crippen LogP contribution in [0.5, 0.6) is 0 Å². The van der Waals surface area contributed by atoms with E-state index in [1.165, 1.54) is 6.42 Å². The third kappa shape index (κ3) is 2.97. The molecule has 1 aliphatic rings. The lowest BCUT2D eigenvalue weighted by molar-refractivity contribution is 0.157. The Kier molecular flexibility index (Phi) is 5.18. The summed E-state index contributed by atoms with van der Waals surface area (Å²) in [6, 6.07) is 5.88. The molecule has 1 aliphatic carbocycles. The summed E-state index contributed by atoms with van der Waals surface area (Å²) in [5, 5.41) is 9.09. The molecular formula is C16H24ClN3. The number of nitrogens with zero attached hydrogens (tertiary/aromatic N) is 2. The molecule has 4 heteroatoms. The second kappa shape index (κ2) is 6.11. The fraction of sp³-hybridized carbons (Fsp3) is 0.625. The summed E-state index contributed by atoms with van der Waals surface area (Å²) in [7, 11) is 0. The van der Waals surface area contributed by atoms with Gasteiger partial charge >= 0.3 is 0 Å². The van der Waals surface area contributed by atoms with Crippen LogP contribution in [-0.4, -0.2) is 10.5 Å². The molecular weight excluding hydrogens is 270 g/mol. The number of rotatable bonds is 3. The van der Waals surface area contributed by atoms with Gasteiger partial charge in [0.2, 0.25) is 0 Å². The maximum atomic E-state index is 9.09. The van der Waals surface area contributed by atoms with Gasteiger partial charge in [0.05, 0.1) is 11.3 Å². The summed E-state index contributed by atoms with van der Waals surface area (Å²) >= 11 is 0. The van der Waals surface area contributed by atoms with Crippen LogP contribution in [0.25, 0.3) is 0 Å². The predicted octanol–water partition coefficient (Wildman–Crippen LogP) is 3.46. The molecule has 3 nitrogen and oxygen atoms in total. The first-order valence-electron chi connectivity index (χ1n) is 7.01. The first-order valence-corrected chi connectivity index (χ1v) is 7.01. The average molecular weight is 294 g/mol. The number of hydrogen-bond acceptors (Lipinski definition) is 3. The smallest absolute Gasteiger partial charge is 0.101 e. The van der Waals surface area contributed by atoms with Crippen LogP contribution in [-0.2, 0) is 6.42 Å². The van der Waals surface area contributed by atoms with Crippen LogP contribution in [0.15, 0.2) is 18.3 Å². The molecule has 110 valence electrons. The highest BCUT2D eigenvalue weighted by atomic mass is 35.5. The van der Waals surface area contributed by atoms with E-state index in [1.54, 1.807) is 6.20 Å². The van der Waals surface area contributed by atoms with E-state index < -0.39 is 0 Å². The Bertz CT molecular complexity index is 503. The molecule has 0 bridgehead atoms. The lowest BCUT2D eigenvalue weighted by Crippen LogP contribution is -2.48. The Hall–Kier alpha value is -1.11. The maximum Gasteiger partial charge on any atom is 0.101 e. The molecule has 1 fully saturated rings. The average Bonchev–Trinajstić information content (AvgIpc) is 2.57. The van der Waals surface area contributed by atoms with E-state index in [-0.39, 0.29) is 23.4 Å². The van der Waals surface area contributed by atoms with Gasteiger partial charge in [-0.15, -0.1) is 12.4 Å². The Balaban J connectivity index is 0.00000200. The summed E-state index contributed by atoms with van der Waals surface area (Å²) < 4.78 is 0. The Labute approximate surface area is 128 Å². The van der Waals surface area contributed by atoms with Crippen molar-refractivity contribution >= 4 is 12.4 Å². The highest BCUT2D eigenvalue weighted by molar-refractivity contribution is 5.85. The third-order valence-corrected chi connectivity index (χ3v) is 5.25. The molecule has 1 aromatic rings. The van der Waals surface area contributed by atoms with Crippen molar-refractivity contribution in [1.29, 1.82) is 5.26 Å². The Morgan fingerprint density at radius 1 is 1.45 bits per heavy atom. The van der Waals surface area contributed by atoms with Gasteiger partial charge in [0.25, 0.3) is 0 Å². The van der Waals surface area contributed by atoms with Crippen molar-refractivity contribution in [2.45, 2.75) is 52.0 Å². The first kappa shape index (κ1) is 16.9. The standard InChI is InChI=1S/C16H23N3.ClH/c1-15(2)13(8-9-16(15,3)18)6-7-14-12(11-17)5-4-10-19-14;/h4-5,10,13H,6-9,18H2,1-3H3;1H/t13-,16+;/m0./s1. The fourth-order valence-electron chi connectivity index (χ4n) is 3.18. The van der Waals surface area contributed by atoms with Gasteiger partial charge in [-0.2, -0.15) is 5.26 Å². The second-order valence-electron chi connectivity index (χ2n) is 6.52. The summed E-state index contributed by atoms with van der Waals surface area (Å²) in [5.74, 6) is 0.607. The number of nitriles is 1. The van der Waals surface area contributed by atoms with Crippen LogP contribution in [0.1, 0.15) is 51.3 Å². The third-order valence-electron chi connectivity index (χ3n) is 5.25. The van der Waals surface area contributed by atoms with Gasteiger partial charge < -0.3 is 5.73 Å². The van der Waals surface area contributed by atoms with E-state index >= 15 is 0 Å². The molecule has 0 amide bonds. The number of pyridine rings is 1. The van der Waals surface area contributed by atoms with E-state index in [4.69, 9.17) is 11.0 Å². The number of aromatic nitrogens is 1. The van der Waals surface area contributed by atoms with Crippen molar-refractivity contribution in [2.75, 3.05) is 0 Å². The number of halogens is 1. The number of aryl methyl sites for hydroxylation is 1. The molecule has 1 heterocycles. The van der Waals surface area contributed by atoms with E-state index in [0.717, 1.165) is 25.0 Å². The van der Waals surface area contributed by atoms with Gasteiger partial charge in [-0.05, 0) is 56.1 Å². The van der Waals surface area contributed by atoms with E-state index in [9.17, 15) is 0 Å². The maximum absolute atomic E-state index is 9.09. The number of hydrogen-bond donors (Lipinski definition) is 1. The van der Waals surface area contributed by atoms with Crippen LogP contribution in [0.4, 0.5) is 0 Å². The van der Waals surface area contributed by atoms with Crippen molar-refractivity contribution in [1.82, 2.24) is 4.98 Å². The fourth-order valence-corrected chi connectivity index (χ4v) is 3.18. The van der Waals surface area contributed by atoms with Crippen LogP contribution < -0.4 is 5.73 Å². The summed E-state index contributed by atoms with van der Waals surface area (Å²) in [4.78, 5) is 4.34. The molecule has 1 saturated carbocycles. The van der Waals surface area contributed by atoms with Crippen molar-refractivity contribution in [3.63, 3.8) is 0 Å². The van der Waals surface area contributed by atoms with Crippen LogP contribution >= 0.6 is 12.4 Å². The minimum absolute atomic E-state index is 0. The zero-order chi connectivity index (χ0) is 14.1. The van der Waals surface area contributed by atoms with E-state index in [1.807, 2.05) is 12.1 Å². The summed E-state index contributed by atoms with van der Waals surface area (Å²) in [5.41, 5.74) is 8.09. The Morgan fingerprint density at radius 2 is 2.15 bits per heavy atom. The molecule has 0 aliphatic heterocycles. The zero-order valence-corrected chi connectivity index (χ0v) is 13.3. The minimum atomic E-state index is -0.0835. The van der Waals surface area contributed by atoms with Crippen molar-refractivity contribution in [2.24, 2.45) is 17.1 Å². The largest absolute Gasteiger partial charge is 0.325 e. The van der Waals surface area contributed by atoms with Gasteiger partial charge in [-0.1, -0.05) is 13.8 Å². The molecule has 1 aromatic heterocycles. The van der Waals surface area contributed by atoms with Gasteiger partial charge in [-0.25, -0.2) is 0 Å². The topological polar surface area (TPSA) is 62.7 Å². The molecule has 0 spiro atoms. The molecule has 0 aromatic carbocycles. The highest BCUT2D eigenvalue weighted by Crippen LogP contribution is 2.50. The normalized spacial score (nSPS) is 27.6. The molecule has 0 saturated heterocycles. The highest BCUT2D eigenvalue weighted by Gasteiger charge is 2.48. The summed E-state index contributed by atoms with van der Waals surface area (Å²) in [6.07, 6.45) is 5.95. The molecule has 2 atom stereocenters. The van der Waals surface area contributed by atoms with E-state index in [2.05, 4.69) is 31.8 Å². The minimum Gasteiger partial charge on any atom is -0.325 e. The molecule has 0 unspecified atom stereocenters. The molecule has 20 heavy (non-hydrogen) atoms. The van der Waals surface area contributed by atoms with Gasteiger partial charge in [0, 0.05) is 11.7 Å². The molecule has 2 N–H and O–H groups in total. The SMILES string of the molecule is CC1(C)[C@@H](CCc2ncccc2C#N)CC[C@@]1(C)N.Cl. The number of nitrogens with two attached hydrogens (primary N) is 1. The Morgan fingerprint density at radius 3 is 2.70 bits per heavy atom. The van der Waals surface area contributed by atoms with Crippen molar-refractivity contribution < 1.29 is 0 Å². The van der Waals surface area contributed by atoms with Gasteiger partial charge in [-0.3, -0.25) is 4.98 Å². The quantitative estimate of drug-likeness (QED) is 0.928. The van der Waals surface area contributed by atoms with Crippen LogP contribution in [0.3, 0.4) is 0 Å². The van der Waals surface area contributed by atoms with Crippen molar-refractivity contribution in [3.8, 4) is 6.07 Å². The van der Waals surface area contributed by atoms with Crippen LogP contribution in [0, 0.1) is 22.7 Å². The van der Waals surface area contributed by atoms with Crippen LogP contribution in [0.2, 0.25) is 0 Å². The monoisotopic (exact) mass is 293 g/mol. The molecule has 2 rings (SSSR count).